The number of allylic oxidation sites excluding steroid dienone is 3. The number of benzene rings is 6. The summed E-state index contributed by atoms with van der Waals surface area (Å²) >= 11 is 0. The van der Waals surface area contributed by atoms with Gasteiger partial charge in [-0.1, -0.05) is 111 Å². The average Bonchev–Trinajstić information content (AvgIpc) is 1.63. The van der Waals surface area contributed by atoms with Crippen LogP contribution in [0.5, 0.6) is 17.2 Å². The molecule has 9 aliphatic heterocycles. The first-order valence-electron chi connectivity index (χ1n) is 36.9. The molecule has 6 saturated heterocycles. The standard InChI is InChI=1S/3C26H27N3O5/c3*1-17-5-10-22(25(31)27-17)29-14-21-20(26(29)32)3-2-4-23(21)34-15-19-8-6-18(7-9-19)13-28-11-12-33-16-24(28)30/h3*2-4,6-9,22H,1,5,10-16H2,(H,27,31)/i11D,16D;11D,12D;12D2. The van der Waals surface area contributed by atoms with Gasteiger partial charge in [-0.05, 0) is 108 Å². The van der Waals surface area contributed by atoms with E-state index in [0.717, 1.165) is 50.1 Å². The zero-order chi connectivity index (χ0) is 76.2. The molecule has 528 valence electrons. The number of nitrogens with one attached hydrogen (secondary N) is 3. The molecule has 9 heterocycles. The monoisotopic (exact) mass is 1390 g/mol. The quantitative estimate of drug-likeness (QED) is 0.0774. The normalized spacial score (nSPS) is 24.6. The van der Waals surface area contributed by atoms with Crippen LogP contribution in [0.1, 0.15) is 128 Å². The first-order chi connectivity index (χ1) is 51.8. The van der Waals surface area contributed by atoms with Crippen molar-refractivity contribution in [3.63, 3.8) is 0 Å². The van der Waals surface area contributed by atoms with Crippen LogP contribution in [0, 0.1) is 0 Å². The molecule has 6 aromatic carbocycles. The van der Waals surface area contributed by atoms with Crippen LogP contribution in [0.25, 0.3) is 0 Å². The number of piperidine rings is 3. The molecule has 0 saturated carbocycles. The van der Waals surface area contributed by atoms with Crippen molar-refractivity contribution in [2.24, 2.45) is 0 Å². The third-order valence-corrected chi connectivity index (χ3v) is 18.9. The van der Waals surface area contributed by atoms with Gasteiger partial charge < -0.3 is 73.8 Å². The number of carbonyl (C=O) groups excluding carboxylic acids is 9. The van der Waals surface area contributed by atoms with E-state index >= 15 is 0 Å². The summed E-state index contributed by atoms with van der Waals surface area (Å²) in [6, 6.07) is 37.1. The van der Waals surface area contributed by atoms with Crippen molar-refractivity contribution >= 4 is 53.2 Å². The summed E-state index contributed by atoms with van der Waals surface area (Å²) in [5.74, 6) is -0.374. The van der Waals surface area contributed by atoms with E-state index in [0.29, 0.717) is 116 Å². The van der Waals surface area contributed by atoms with Gasteiger partial charge in [0.1, 0.15) is 75.0 Å². The molecular weight excluding hydrogens is 1300 g/mol. The Balaban J connectivity index is 0.000000143. The molecule has 9 aliphatic rings. The van der Waals surface area contributed by atoms with Crippen molar-refractivity contribution in [3.8, 4) is 17.2 Å². The lowest BCUT2D eigenvalue weighted by Gasteiger charge is -2.31. The number of ether oxygens (including phenoxy) is 6. The van der Waals surface area contributed by atoms with Crippen LogP contribution in [-0.2, 0) is 102 Å². The van der Waals surface area contributed by atoms with E-state index in [1.54, 1.807) is 51.1 Å². The lowest BCUT2D eigenvalue weighted by atomic mass is 10.0. The average molecular weight is 1390 g/mol. The number of hydrogen-bond donors (Lipinski definition) is 3. The minimum Gasteiger partial charge on any atom is -0.489 e. The van der Waals surface area contributed by atoms with Gasteiger partial charge in [0, 0.05) is 89.7 Å². The van der Waals surface area contributed by atoms with E-state index in [1.165, 1.54) is 14.7 Å². The largest absolute Gasteiger partial charge is 0.489 e. The molecule has 15 rings (SSSR count). The van der Waals surface area contributed by atoms with Crippen LogP contribution < -0.4 is 30.2 Å². The Bertz CT molecular complexity index is 4410. The van der Waals surface area contributed by atoms with E-state index < -0.39 is 56.8 Å². The Morgan fingerprint density at radius 2 is 0.775 bits per heavy atom. The van der Waals surface area contributed by atoms with Crippen molar-refractivity contribution in [2.45, 2.75) is 116 Å². The van der Waals surface area contributed by atoms with Gasteiger partial charge in [0.15, 0.2) is 0 Å². The fourth-order valence-corrected chi connectivity index (χ4v) is 13.3. The Labute approximate surface area is 599 Å². The first-order valence-corrected chi connectivity index (χ1v) is 33.6. The van der Waals surface area contributed by atoms with E-state index in [4.69, 9.17) is 36.6 Å². The molecule has 6 fully saturated rings. The van der Waals surface area contributed by atoms with Gasteiger partial charge in [-0.25, -0.2) is 0 Å². The maximum Gasteiger partial charge on any atom is 0.255 e. The molecule has 0 aliphatic carbocycles. The Morgan fingerprint density at radius 1 is 0.422 bits per heavy atom. The summed E-state index contributed by atoms with van der Waals surface area (Å²) < 4.78 is 79.9. The van der Waals surface area contributed by atoms with Crippen molar-refractivity contribution in [1.29, 1.82) is 0 Å². The first kappa shape index (κ1) is 62.1. The molecule has 0 bridgehead atoms. The molecule has 24 nitrogen and oxygen atoms in total. The van der Waals surface area contributed by atoms with Crippen molar-refractivity contribution in [3.05, 3.63) is 231 Å². The number of fused-ring (bicyclic) bond motifs is 3. The molecular formula is C78H81N9O15. The van der Waals surface area contributed by atoms with Gasteiger partial charge in [0.25, 0.3) is 17.7 Å². The highest BCUT2D eigenvalue weighted by atomic mass is 16.5. The number of rotatable bonds is 18. The summed E-state index contributed by atoms with van der Waals surface area (Å²) in [7, 11) is 0. The zero-order valence-corrected chi connectivity index (χ0v) is 56.0. The predicted molar refractivity (Wildman–Crippen MR) is 371 cm³/mol. The fraction of sp³-hybridized carbons (Fsp3) is 0.346. The second kappa shape index (κ2) is 31.3. The molecule has 24 heteroatoms. The molecule has 3 N–H and O–H groups in total. The maximum atomic E-state index is 13.0. The third kappa shape index (κ3) is 15.9. The lowest BCUT2D eigenvalue weighted by molar-refractivity contribution is -0.144. The smallest absolute Gasteiger partial charge is 0.255 e. The summed E-state index contributed by atoms with van der Waals surface area (Å²) in [6.07, 6.45) is 3.57. The molecule has 7 unspecified atom stereocenters. The molecule has 0 aromatic heterocycles. The van der Waals surface area contributed by atoms with E-state index in [9.17, 15) is 43.2 Å². The highest BCUT2D eigenvalue weighted by Crippen LogP contribution is 2.38. The van der Waals surface area contributed by atoms with E-state index in [-0.39, 0.29) is 107 Å². The van der Waals surface area contributed by atoms with E-state index in [1.807, 2.05) is 91.0 Å². The Morgan fingerprint density at radius 3 is 1.17 bits per heavy atom. The van der Waals surface area contributed by atoms with Crippen LogP contribution >= 0.6 is 0 Å². The fourth-order valence-electron chi connectivity index (χ4n) is 13.3. The minimum absolute atomic E-state index is 0.0217. The summed E-state index contributed by atoms with van der Waals surface area (Å²) in [5.41, 5.74) is 11.3. The predicted octanol–water partition coefficient (Wildman–Crippen LogP) is 7.12. The molecule has 0 radical (unpaired) electrons. The van der Waals surface area contributed by atoms with Crippen molar-refractivity contribution in [2.75, 3.05) is 59.1 Å². The zero-order valence-electron chi connectivity index (χ0n) is 62.0. The van der Waals surface area contributed by atoms with Crippen LogP contribution in [0.4, 0.5) is 0 Å². The molecule has 9 amide bonds. The maximum absolute atomic E-state index is 13.0. The summed E-state index contributed by atoms with van der Waals surface area (Å²) in [6.45, 7) is 7.34. The molecule has 6 aromatic rings. The third-order valence-electron chi connectivity index (χ3n) is 18.9. The minimum atomic E-state index is -1.84. The van der Waals surface area contributed by atoms with Gasteiger partial charge >= 0.3 is 0 Å². The number of morpholine rings is 3. The SMILES string of the molecule is [2H]C1([2H])CN(Cc2ccc(COc3cccc4c3CN(C3CCC(=C)NC3=O)C4=O)cc2)C(=O)CO1.[2H]C1OCC(=O)N(Cc2ccc(COc3cccc4c3CN(C3CCC(=C)NC3=O)C4=O)cc2)C1[2H].[2H]C1OCC([2H])N(Cc2ccc(COc3cccc4c3CN(C3CCC(=C)NC3=O)C4=O)cc2)C1=O. The number of hydrogen-bond acceptors (Lipinski definition) is 15. The van der Waals surface area contributed by atoms with Gasteiger partial charge in [-0.15, -0.1) is 0 Å². The Kier molecular flexibility index (Phi) is 19.1. The summed E-state index contributed by atoms with van der Waals surface area (Å²) in [4.78, 5) is 122. The molecule has 7 atom stereocenters. The topological polar surface area (TPSA) is 265 Å². The van der Waals surface area contributed by atoms with Gasteiger partial charge in [-0.3, -0.25) is 43.2 Å². The second-order valence-corrected chi connectivity index (χ2v) is 25.8. The Hall–Kier alpha value is -11.0. The molecule has 0 spiro atoms. The van der Waals surface area contributed by atoms with Crippen LogP contribution in [-0.4, -0.2) is 160 Å². The van der Waals surface area contributed by atoms with Gasteiger partial charge in [-0.2, -0.15) is 0 Å². The second-order valence-electron chi connectivity index (χ2n) is 25.8. The number of nitrogens with zero attached hydrogens (tertiary/aromatic N) is 6. The van der Waals surface area contributed by atoms with Crippen molar-refractivity contribution in [1.82, 2.24) is 45.3 Å². The summed E-state index contributed by atoms with van der Waals surface area (Å²) in [5, 5.41) is 8.24. The highest BCUT2D eigenvalue weighted by Gasteiger charge is 2.43. The van der Waals surface area contributed by atoms with Gasteiger partial charge in [0.05, 0.1) is 47.6 Å². The van der Waals surface area contributed by atoms with Crippen molar-refractivity contribution < 1.29 is 79.8 Å². The number of amides is 9. The highest BCUT2D eigenvalue weighted by molar-refractivity contribution is 6.04. The van der Waals surface area contributed by atoms with Crippen LogP contribution in [0.2, 0.25) is 0 Å². The van der Waals surface area contributed by atoms with Crippen LogP contribution in [0.3, 0.4) is 0 Å². The molecule has 102 heavy (non-hydrogen) atoms. The number of carbonyl (C=O) groups is 9. The van der Waals surface area contributed by atoms with E-state index in [2.05, 4.69) is 35.7 Å². The van der Waals surface area contributed by atoms with Crippen LogP contribution in [0.15, 0.2) is 164 Å². The lowest BCUT2D eigenvalue weighted by Crippen LogP contribution is -2.49. The van der Waals surface area contributed by atoms with Gasteiger partial charge in [0.2, 0.25) is 35.4 Å².